The van der Waals surface area contributed by atoms with E-state index in [1.54, 1.807) is 17.0 Å². The quantitative estimate of drug-likeness (QED) is 0.562. The van der Waals surface area contributed by atoms with Gasteiger partial charge >= 0.3 is 0 Å². The van der Waals surface area contributed by atoms with Gasteiger partial charge in [0.15, 0.2) is 0 Å². The van der Waals surface area contributed by atoms with Crippen molar-refractivity contribution in [1.82, 2.24) is 14.7 Å². The number of aromatic nitrogens is 2. The summed E-state index contributed by atoms with van der Waals surface area (Å²) in [5, 5.41) is 5.46. The fourth-order valence-electron chi connectivity index (χ4n) is 3.75. The van der Waals surface area contributed by atoms with E-state index in [2.05, 4.69) is 16.9 Å². The van der Waals surface area contributed by atoms with Gasteiger partial charge in [0.1, 0.15) is 6.54 Å². The van der Waals surface area contributed by atoms with Crippen molar-refractivity contribution in [2.75, 3.05) is 31.1 Å². The number of aryl methyl sites for hydroxylation is 1. The van der Waals surface area contributed by atoms with Gasteiger partial charge in [0, 0.05) is 43.5 Å². The molecule has 0 N–H and O–H groups in total. The van der Waals surface area contributed by atoms with Gasteiger partial charge in [0.2, 0.25) is 5.91 Å². The van der Waals surface area contributed by atoms with E-state index in [1.807, 2.05) is 36.4 Å². The molecular weight excluding hydrogens is 447 g/mol. The lowest BCUT2D eigenvalue weighted by Gasteiger charge is -2.36. The highest BCUT2D eigenvalue weighted by molar-refractivity contribution is 6.42. The summed E-state index contributed by atoms with van der Waals surface area (Å²) in [7, 11) is 0. The monoisotopic (exact) mass is 470 g/mol. The first-order valence-corrected chi connectivity index (χ1v) is 11.4. The molecule has 6 nitrogen and oxygen atoms in total. The standard InChI is InChI=1S/C24H24Cl2N4O2/c1-2-17-3-5-18(6-4-17)22-9-10-23(31)30(27-22)16-24(32)29-13-11-28(12-14-29)19-7-8-20(25)21(26)15-19/h3-10,15H,2,11-14,16H2,1H3. The maximum absolute atomic E-state index is 12.9. The Bertz CT molecular complexity index is 1170. The first-order valence-electron chi connectivity index (χ1n) is 10.6. The van der Waals surface area contributed by atoms with Gasteiger partial charge in [-0.3, -0.25) is 9.59 Å². The molecule has 0 aliphatic carbocycles. The van der Waals surface area contributed by atoms with Crippen LogP contribution in [0.15, 0.2) is 59.4 Å². The molecule has 1 amide bonds. The third-order valence-corrected chi connectivity index (χ3v) is 6.45. The van der Waals surface area contributed by atoms with Gasteiger partial charge in [-0.05, 0) is 36.2 Å². The molecule has 0 unspecified atom stereocenters. The van der Waals surface area contributed by atoms with E-state index in [9.17, 15) is 9.59 Å². The van der Waals surface area contributed by atoms with Crippen LogP contribution >= 0.6 is 23.2 Å². The molecule has 0 bridgehead atoms. The lowest BCUT2D eigenvalue weighted by molar-refractivity contribution is -0.132. The lowest BCUT2D eigenvalue weighted by Crippen LogP contribution is -2.50. The van der Waals surface area contributed by atoms with E-state index in [0.717, 1.165) is 17.7 Å². The molecule has 0 saturated carbocycles. The molecule has 166 valence electrons. The van der Waals surface area contributed by atoms with Gasteiger partial charge in [0.05, 0.1) is 15.7 Å². The second-order valence-electron chi connectivity index (χ2n) is 7.73. The number of rotatable bonds is 5. The number of carbonyl (C=O) groups is 1. The summed E-state index contributed by atoms with van der Waals surface area (Å²) < 4.78 is 1.25. The van der Waals surface area contributed by atoms with E-state index in [4.69, 9.17) is 23.2 Å². The molecule has 1 aromatic heterocycles. The molecule has 32 heavy (non-hydrogen) atoms. The van der Waals surface area contributed by atoms with Gasteiger partial charge in [0.25, 0.3) is 5.56 Å². The smallest absolute Gasteiger partial charge is 0.267 e. The summed E-state index contributed by atoms with van der Waals surface area (Å²) in [4.78, 5) is 29.1. The number of anilines is 1. The van der Waals surface area contributed by atoms with E-state index < -0.39 is 0 Å². The Morgan fingerprint density at radius 1 is 0.938 bits per heavy atom. The SMILES string of the molecule is CCc1ccc(-c2ccc(=O)n(CC(=O)N3CCN(c4ccc(Cl)c(Cl)c4)CC3)n2)cc1. The Balaban J connectivity index is 1.41. The van der Waals surface area contributed by atoms with Crippen LogP contribution in [0.2, 0.25) is 10.0 Å². The molecule has 2 aromatic carbocycles. The second kappa shape index (κ2) is 9.76. The van der Waals surface area contributed by atoms with Crippen molar-refractivity contribution in [3.8, 4) is 11.3 Å². The summed E-state index contributed by atoms with van der Waals surface area (Å²) in [6, 6.07) is 16.8. The van der Waals surface area contributed by atoms with Gasteiger partial charge < -0.3 is 9.80 Å². The van der Waals surface area contributed by atoms with Crippen molar-refractivity contribution >= 4 is 34.8 Å². The van der Waals surface area contributed by atoms with Crippen LogP contribution in [0.1, 0.15) is 12.5 Å². The number of piperazine rings is 1. The highest BCUT2D eigenvalue weighted by Gasteiger charge is 2.22. The Morgan fingerprint density at radius 3 is 2.31 bits per heavy atom. The zero-order chi connectivity index (χ0) is 22.7. The van der Waals surface area contributed by atoms with Crippen molar-refractivity contribution in [2.45, 2.75) is 19.9 Å². The third-order valence-electron chi connectivity index (χ3n) is 5.71. The number of benzene rings is 2. The Kier molecular flexibility index (Phi) is 6.82. The molecule has 0 atom stereocenters. The summed E-state index contributed by atoms with van der Waals surface area (Å²) in [5.74, 6) is -0.119. The minimum Gasteiger partial charge on any atom is -0.368 e. The van der Waals surface area contributed by atoms with E-state index in [-0.39, 0.29) is 18.0 Å². The number of hydrogen-bond acceptors (Lipinski definition) is 4. The molecule has 1 aliphatic rings. The highest BCUT2D eigenvalue weighted by Crippen LogP contribution is 2.27. The van der Waals surface area contributed by atoms with Crippen LogP contribution in [-0.4, -0.2) is 46.8 Å². The minimum absolute atomic E-state index is 0.0769. The number of hydrogen-bond donors (Lipinski definition) is 0. The molecule has 1 aliphatic heterocycles. The van der Waals surface area contributed by atoms with Crippen LogP contribution in [0.25, 0.3) is 11.3 Å². The molecule has 3 aromatic rings. The van der Waals surface area contributed by atoms with Gasteiger partial charge in [-0.15, -0.1) is 0 Å². The van der Waals surface area contributed by atoms with Crippen LogP contribution in [0, 0.1) is 0 Å². The fourth-order valence-corrected chi connectivity index (χ4v) is 4.04. The fraction of sp³-hybridized carbons (Fsp3) is 0.292. The Morgan fingerprint density at radius 2 is 1.66 bits per heavy atom. The van der Waals surface area contributed by atoms with Crippen molar-refractivity contribution in [2.24, 2.45) is 0 Å². The third kappa shape index (κ3) is 4.97. The summed E-state index contributed by atoms with van der Waals surface area (Å²) >= 11 is 12.1. The highest BCUT2D eigenvalue weighted by atomic mass is 35.5. The molecule has 4 rings (SSSR count). The average molecular weight is 471 g/mol. The molecule has 0 spiro atoms. The van der Waals surface area contributed by atoms with Crippen LogP contribution in [-0.2, 0) is 17.8 Å². The Labute approximate surface area is 197 Å². The zero-order valence-corrected chi connectivity index (χ0v) is 19.3. The second-order valence-corrected chi connectivity index (χ2v) is 8.55. The summed E-state index contributed by atoms with van der Waals surface area (Å²) in [6.45, 7) is 4.50. The van der Waals surface area contributed by atoms with Gasteiger partial charge in [-0.2, -0.15) is 5.10 Å². The first kappa shape index (κ1) is 22.4. The first-order chi connectivity index (χ1) is 15.4. The van der Waals surface area contributed by atoms with Gasteiger partial charge in [-0.1, -0.05) is 54.4 Å². The van der Waals surface area contributed by atoms with Crippen LogP contribution in [0.5, 0.6) is 0 Å². The number of amides is 1. The molecule has 0 radical (unpaired) electrons. The van der Waals surface area contributed by atoms with Gasteiger partial charge in [-0.25, -0.2) is 4.68 Å². The summed E-state index contributed by atoms with van der Waals surface area (Å²) in [6.07, 6.45) is 0.958. The van der Waals surface area contributed by atoms with Crippen molar-refractivity contribution in [3.05, 3.63) is 80.6 Å². The van der Waals surface area contributed by atoms with E-state index in [1.165, 1.54) is 16.3 Å². The predicted molar refractivity (Wildman–Crippen MR) is 129 cm³/mol. The molecule has 1 saturated heterocycles. The predicted octanol–water partition coefficient (Wildman–Crippen LogP) is 4.13. The Hall–Kier alpha value is -2.83. The van der Waals surface area contributed by atoms with Crippen LogP contribution in [0.4, 0.5) is 5.69 Å². The van der Waals surface area contributed by atoms with Crippen molar-refractivity contribution < 1.29 is 4.79 Å². The molecule has 8 heteroatoms. The van der Waals surface area contributed by atoms with E-state index in [0.29, 0.717) is 41.9 Å². The van der Waals surface area contributed by atoms with E-state index >= 15 is 0 Å². The van der Waals surface area contributed by atoms with Crippen molar-refractivity contribution in [3.63, 3.8) is 0 Å². The largest absolute Gasteiger partial charge is 0.368 e. The minimum atomic E-state index is -0.290. The average Bonchev–Trinajstić information content (AvgIpc) is 2.82. The molecule has 2 heterocycles. The molecular formula is C24H24Cl2N4O2. The lowest BCUT2D eigenvalue weighted by atomic mass is 10.1. The maximum Gasteiger partial charge on any atom is 0.267 e. The molecule has 1 fully saturated rings. The number of carbonyl (C=O) groups excluding carboxylic acids is 1. The number of nitrogens with zero attached hydrogens (tertiary/aromatic N) is 4. The van der Waals surface area contributed by atoms with Crippen LogP contribution in [0.3, 0.4) is 0 Å². The summed E-state index contributed by atoms with van der Waals surface area (Å²) in [5.41, 5.74) is 3.51. The zero-order valence-electron chi connectivity index (χ0n) is 17.8. The normalized spacial score (nSPS) is 14.0. The topological polar surface area (TPSA) is 58.4 Å². The maximum atomic E-state index is 12.9. The van der Waals surface area contributed by atoms with Crippen molar-refractivity contribution in [1.29, 1.82) is 0 Å². The van der Waals surface area contributed by atoms with Crippen LogP contribution < -0.4 is 10.5 Å². The number of halogens is 2.